The molecule has 0 aliphatic heterocycles. The summed E-state index contributed by atoms with van der Waals surface area (Å²) in [6, 6.07) is 16.2. The number of sulfonamides is 1. The maximum atomic E-state index is 13.6. The predicted octanol–water partition coefficient (Wildman–Crippen LogP) is 4.82. The Morgan fingerprint density at radius 3 is 2.12 bits per heavy atom. The summed E-state index contributed by atoms with van der Waals surface area (Å²) in [4.78, 5) is -0.0232. The Hall–Kier alpha value is -2.93. The van der Waals surface area contributed by atoms with Crippen molar-refractivity contribution < 1.29 is 17.2 Å². The first-order chi connectivity index (χ1) is 12.3. The minimum absolute atomic E-state index is 0.0232. The molecule has 3 aromatic rings. The summed E-state index contributed by atoms with van der Waals surface area (Å²) in [6.07, 6.45) is 0. The zero-order valence-corrected chi connectivity index (χ0v) is 14.6. The normalized spacial score (nSPS) is 11.2. The molecule has 0 aliphatic rings. The zero-order valence-electron chi connectivity index (χ0n) is 13.8. The third kappa shape index (κ3) is 4.00. The first-order valence-corrected chi connectivity index (χ1v) is 9.24. The standard InChI is InChI=1S/C19H16F2N2O2S/c1-13-12-16(10-11-17(13)20)26(24,25)23-15-8-6-14(7-9-15)22-19-5-3-2-4-18(19)21/h2-12,22-23H,1H3. The fourth-order valence-corrected chi connectivity index (χ4v) is 3.48. The minimum Gasteiger partial charge on any atom is -0.353 e. The van der Waals surface area contributed by atoms with Crippen molar-refractivity contribution in [2.75, 3.05) is 10.0 Å². The Balaban J connectivity index is 1.76. The number of hydrogen-bond acceptors (Lipinski definition) is 3. The highest BCUT2D eigenvalue weighted by molar-refractivity contribution is 7.92. The summed E-state index contributed by atoms with van der Waals surface area (Å²) in [5.41, 5.74) is 1.52. The average Bonchev–Trinajstić information content (AvgIpc) is 2.60. The van der Waals surface area contributed by atoms with Gasteiger partial charge in [0.05, 0.1) is 10.6 Å². The van der Waals surface area contributed by atoms with Crippen LogP contribution in [-0.2, 0) is 10.0 Å². The molecule has 134 valence electrons. The van der Waals surface area contributed by atoms with E-state index in [1.165, 1.54) is 25.1 Å². The van der Waals surface area contributed by atoms with Gasteiger partial charge in [0.2, 0.25) is 0 Å². The van der Waals surface area contributed by atoms with Crippen molar-refractivity contribution in [1.29, 1.82) is 0 Å². The van der Waals surface area contributed by atoms with Gasteiger partial charge in [-0.05, 0) is 67.1 Å². The van der Waals surface area contributed by atoms with Crippen molar-refractivity contribution in [3.8, 4) is 0 Å². The Bertz CT molecular complexity index is 1040. The van der Waals surface area contributed by atoms with Crippen LogP contribution in [0.3, 0.4) is 0 Å². The molecule has 0 aliphatic carbocycles. The van der Waals surface area contributed by atoms with Gasteiger partial charge >= 0.3 is 0 Å². The molecule has 0 fully saturated rings. The molecule has 0 aromatic heterocycles. The van der Waals surface area contributed by atoms with E-state index in [2.05, 4.69) is 10.0 Å². The highest BCUT2D eigenvalue weighted by atomic mass is 32.2. The van der Waals surface area contributed by atoms with Crippen LogP contribution >= 0.6 is 0 Å². The average molecular weight is 374 g/mol. The molecule has 0 heterocycles. The van der Waals surface area contributed by atoms with E-state index in [1.54, 1.807) is 42.5 Å². The van der Waals surface area contributed by atoms with Crippen LogP contribution in [0.15, 0.2) is 71.6 Å². The summed E-state index contributed by atoms with van der Waals surface area (Å²) in [6.45, 7) is 1.50. The van der Waals surface area contributed by atoms with Gasteiger partial charge in [-0.15, -0.1) is 0 Å². The molecule has 0 spiro atoms. The van der Waals surface area contributed by atoms with Crippen LogP contribution in [0.2, 0.25) is 0 Å². The zero-order chi connectivity index (χ0) is 18.7. The number of halogens is 2. The lowest BCUT2D eigenvalue weighted by Gasteiger charge is -2.11. The summed E-state index contributed by atoms with van der Waals surface area (Å²) in [5.74, 6) is -0.850. The summed E-state index contributed by atoms with van der Waals surface area (Å²) < 4.78 is 54.2. The third-order valence-electron chi connectivity index (χ3n) is 3.73. The molecule has 26 heavy (non-hydrogen) atoms. The van der Waals surface area contributed by atoms with E-state index < -0.39 is 15.8 Å². The van der Waals surface area contributed by atoms with E-state index in [4.69, 9.17) is 0 Å². The van der Waals surface area contributed by atoms with Gasteiger partial charge in [0.15, 0.2) is 0 Å². The first-order valence-electron chi connectivity index (χ1n) is 7.76. The van der Waals surface area contributed by atoms with Gasteiger partial charge < -0.3 is 5.32 Å². The van der Waals surface area contributed by atoms with Gasteiger partial charge in [-0.2, -0.15) is 0 Å². The molecule has 0 radical (unpaired) electrons. The highest BCUT2D eigenvalue weighted by Gasteiger charge is 2.15. The van der Waals surface area contributed by atoms with Gasteiger partial charge in [-0.1, -0.05) is 12.1 Å². The SMILES string of the molecule is Cc1cc(S(=O)(=O)Nc2ccc(Nc3ccccc3F)cc2)ccc1F. The van der Waals surface area contributed by atoms with Crippen LogP contribution in [0, 0.1) is 18.6 Å². The van der Waals surface area contributed by atoms with Crippen molar-refractivity contribution in [2.45, 2.75) is 11.8 Å². The third-order valence-corrected chi connectivity index (χ3v) is 5.11. The lowest BCUT2D eigenvalue weighted by molar-refractivity contribution is 0.598. The smallest absolute Gasteiger partial charge is 0.261 e. The number of anilines is 3. The molecule has 4 nitrogen and oxygen atoms in total. The second kappa shape index (κ2) is 7.13. The number of para-hydroxylation sites is 1. The summed E-state index contributed by atoms with van der Waals surface area (Å²) in [5, 5.41) is 2.91. The molecular formula is C19H16F2N2O2S. The van der Waals surface area contributed by atoms with Gasteiger partial charge in [-0.3, -0.25) is 4.72 Å². The predicted molar refractivity (Wildman–Crippen MR) is 98.1 cm³/mol. The van der Waals surface area contributed by atoms with E-state index in [0.29, 0.717) is 17.1 Å². The quantitative estimate of drug-likeness (QED) is 0.673. The molecular weight excluding hydrogens is 358 g/mol. The van der Waals surface area contributed by atoms with Crippen LogP contribution < -0.4 is 10.0 Å². The number of rotatable bonds is 5. The second-order valence-electron chi connectivity index (χ2n) is 5.70. The lowest BCUT2D eigenvalue weighted by Crippen LogP contribution is -2.13. The molecule has 7 heteroatoms. The Kier molecular flexibility index (Phi) is 4.90. The van der Waals surface area contributed by atoms with Crippen LogP contribution in [0.1, 0.15) is 5.56 Å². The second-order valence-corrected chi connectivity index (χ2v) is 7.38. The maximum Gasteiger partial charge on any atom is 0.261 e. The van der Waals surface area contributed by atoms with E-state index in [1.807, 2.05) is 0 Å². The fraction of sp³-hybridized carbons (Fsp3) is 0.0526. The van der Waals surface area contributed by atoms with Gasteiger partial charge in [-0.25, -0.2) is 17.2 Å². The monoisotopic (exact) mass is 374 g/mol. The van der Waals surface area contributed by atoms with Gasteiger partial charge in [0, 0.05) is 11.4 Å². The number of aryl methyl sites for hydroxylation is 1. The Labute approximate surface area is 150 Å². The molecule has 0 amide bonds. The van der Waals surface area contributed by atoms with Crippen molar-refractivity contribution >= 4 is 27.1 Å². The van der Waals surface area contributed by atoms with E-state index >= 15 is 0 Å². The highest BCUT2D eigenvalue weighted by Crippen LogP contribution is 2.23. The van der Waals surface area contributed by atoms with E-state index in [-0.39, 0.29) is 16.3 Å². The van der Waals surface area contributed by atoms with Crippen LogP contribution in [0.5, 0.6) is 0 Å². The molecule has 0 saturated heterocycles. The number of benzene rings is 3. The molecule has 0 saturated carbocycles. The molecule has 3 rings (SSSR count). The maximum absolute atomic E-state index is 13.6. The van der Waals surface area contributed by atoms with Gasteiger partial charge in [0.25, 0.3) is 10.0 Å². The van der Waals surface area contributed by atoms with Gasteiger partial charge in [0.1, 0.15) is 11.6 Å². The van der Waals surface area contributed by atoms with Crippen LogP contribution in [0.25, 0.3) is 0 Å². The summed E-state index contributed by atoms with van der Waals surface area (Å²) >= 11 is 0. The topological polar surface area (TPSA) is 58.2 Å². The van der Waals surface area contributed by atoms with Crippen molar-refractivity contribution in [3.63, 3.8) is 0 Å². The number of hydrogen-bond donors (Lipinski definition) is 2. The van der Waals surface area contributed by atoms with E-state index in [9.17, 15) is 17.2 Å². The van der Waals surface area contributed by atoms with Crippen molar-refractivity contribution in [1.82, 2.24) is 0 Å². The fourth-order valence-electron chi connectivity index (χ4n) is 2.34. The Morgan fingerprint density at radius 2 is 1.46 bits per heavy atom. The lowest BCUT2D eigenvalue weighted by atomic mass is 10.2. The first kappa shape index (κ1) is 17.9. The molecule has 0 atom stereocenters. The molecule has 0 unspecified atom stereocenters. The summed E-state index contributed by atoms with van der Waals surface area (Å²) in [7, 11) is -3.83. The van der Waals surface area contributed by atoms with E-state index in [0.717, 1.165) is 6.07 Å². The van der Waals surface area contributed by atoms with Crippen LogP contribution in [-0.4, -0.2) is 8.42 Å². The molecule has 0 bridgehead atoms. The van der Waals surface area contributed by atoms with Crippen molar-refractivity contribution in [3.05, 3.63) is 83.9 Å². The largest absolute Gasteiger partial charge is 0.353 e. The Morgan fingerprint density at radius 1 is 0.808 bits per heavy atom. The van der Waals surface area contributed by atoms with Crippen molar-refractivity contribution in [2.24, 2.45) is 0 Å². The van der Waals surface area contributed by atoms with Crippen LogP contribution in [0.4, 0.5) is 25.8 Å². The molecule has 2 N–H and O–H groups in total. The minimum atomic E-state index is -3.83. The number of nitrogens with one attached hydrogen (secondary N) is 2. The molecule has 3 aromatic carbocycles.